The Kier molecular flexibility index (Phi) is 7.53. The predicted octanol–water partition coefficient (Wildman–Crippen LogP) is 4.51. The molecule has 6 heteroatoms. The average Bonchev–Trinajstić information content (AvgIpc) is 2.88. The molecule has 35 heavy (non-hydrogen) atoms. The van der Waals surface area contributed by atoms with Crippen LogP contribution in [0.3, 0.4) is 0 Å². The van der Waals surface area contributed by atoms with Gasteiger partial charge in [0.05, 0.1) is 12.5 Å². The Labute approximate surface area is 203 Å². The third-order valence-corrected chi connectivity index (χ3v) is 5.82. The molecule has 0 aromatic heterocycles. The molecule has 0 fully saturated rings. The van der Waals surface area contributed by atoms with Gasteiger partial charge < -0.3 is 15.7 Å². The van der Waals surface area contributed by atoms with Crippen molar-refractivity contribution in [2.45, 2.75) is 24.9 Å². The lowest BCUT2D eigenvalue weighted by molar-refractivity contribution is -0.141. The maximum Gasteiger partial charge on any atom is 0.326 e. The Hall–Kier alpha value is -4.45. The van der Waals surface area contributed by atoms with Gasteiger partial charge in [-0.2, -0.15) is 0 Å². The second kappa shape index (κ2) is 11.1. The van der Waals surface area contributed by atoms with Crippen molar-refractivity contribution in [2.24, 2.45) is 0 Å². The largest absolute Gasteiger partial charge is 0.480 e. The summed E-state index contributed by atoms with van der Waals surface area (Å²) in [5.74, 6) is -1.88. The van der Waals surface area contributed by atoms with E-state index >= 15 is 0 Å². The van der Waals surface area contributed by atoms with Crippen LogP contribution in [0.5, 0.6) is 0 Å². The molecule has 3 N–H and O–H groups in total. The van der Waals surface area contributed by atoms with Crippen molar-refractivity contribution in [1.29, 1.82) is 0 Å². The summed E-state index contributed by atoms with van der Waals surface area (Å²) in [6.07, 6.45) is 0.0579. The van der Waals surface area contributed by atoms with Crippen LogP contribution in [0.15, 0.2) is 103 Å². The Balaban J connectivity index is 1.47. The van der Waals surface area contributed by atoms with E-state index in [0.29, 0.717) is 5.56 Å². The van der Waals surface area contributed by atoms with Gasteiger partial charge in [-0.15, -0.1) is 0 Å². The van der Waals surface area contributed by atoms with Crippen molar-refractivity contribution >= 4 is 28.6 Å². The fraction of sp³-hybridized carbons (Fsp3) is 0.138. The fourth-order valence-electron chi connectivity index (χ4n) is 4.01. The minimum Gasteiger partial charge on any atom is -0.480 e. The Morgan fingerprint density at radius 2 is 1.34 bits per heavy atom. The number of aliphatic carboxylic acids is 1. The number of nitrogens with one attached hydrogen (secondary N) is 2. The summed E-state index contributed by atoms with van der Waals surface area (Å²) in [5.41, 5.74) is 2.05. The number of fused-ring (bicyclic) bond motifs is 1. The lowest BCUT2D eigenvalue weighted by Gasteiger charge is -2.21. The molecule has 0 aliphatic carbocycles. The SMILES string of the molecule is O=C(CC(NC(=O)c1ccccc1)c1ccccc1)N[C@@H](Cc1ccc2ccccc2c1)C(=O)O. The van der Waals surface area contributed by atoms with E-state index in [2.05, 4.69) is 10.6 Å². The zero-order valence-corrected chi connectivity index (χ0v) is 19.1. The smallest absolute Gasteiger partial charge is 0.326 e. The van der Waals surface area contributed by atoms with Gasteiger partial charge in [-0.3, -0.25) is 9.59 Å². The summed E-state index contributed by atoms with van der Waals surface area (Å²) >= 11 is 0. The maximum absolute atomic E-state index is 12.9. The van der Waals surface area contributed by atoms with Crippen molar-refractivity contribution in [3.8, 4) is 0 Å². The monoisotopic (exact) mass is 466 g/mol. The van der Waals surface area contributed by atoms with E-state index in [-0.39, 0.29) is 18.7 Å². The van der Waals surface area contributed by atoms with E-state index in [1.54, 1.807) is 24.3 Å². The Morgan fingerprint density at radius 1 is 0.714 bits per heavy atom. The molecule has 0 saturated carbocycles. The van der Waals surface area contributed by atoms with Gasteiger partial charge in [-0.1, -0.05) is 91.0 Å². The molecule has 1 unspecified atom stereocenters. The second-order valence-corrected chi connectivity index (χ2v) is 8.35. The second-order valence-electron chi connectivity index (χ2n) is 8.35. The number of carbonyl (C=O) groups excluding carboxylic acids is 2. The molecular weight excluding hydrogens is 440 g/mol. The molecule has 0 heterocycles. The van der Waals surface area contributed by atoms with Crippen LogP contribution in [-0.4, -0.2) is 28.9 Å². The molecular formula is C29H26N2O4. The van der Waals surface area contributed by atoms with Gasteiger partial charge in [-0.25, -0.2) is 4.79 Å². The highest BCUT2D eigenvalue weighted by Gasteiger charge is 2.24. The van der Waals surface area contributed by atoms with E-state index in [1.165, 1.54) is 0 Å². The number of carboxylic acid groups (broad SMARTS) is 1. The van der Waals surface area contributed by atoms with Gasteiger partial charge in [0.2, 0.25) is 5.91 Å². The first-order valence-electron chi connectivity index (χ1n) is 11.4. The highest BCUT2D eigenvalue weighted by atomic mass is 16.4. The van der Waals surface area contributed by atoms with Crippen LogP contribution >= 0.6 is 0 Å². The highest BCUT2D eigenvalue weighted by molar-refractivity contribution is 5.95. The number of benzene rings is 4. The molecule has 0 radical (unpaired) electrons. The van der Waals surface area contributed by atoms with Gasteiger partial charge in [0.15, 0.2) is 0 Å². The summed E-state index contributed by atoms with van der Waals surface area (Å²) in [5, 5.41) is 17.4. The van der Waals surface area contributed by atoms with Crippen LogP contribution in [0.4, 0.5) is 0 Å². The van der Waals surface area contributed by atoms with Gasteiger partial charge in [0.1, 0.15) is 6.04 Å². The van der Waals surface area contributed by atoms with Gasteiger partial charge in [-0.05, 0) is 34.0 Å². The molecule has 0 saturated heterocycles. The molecule has 6 nitrogen and oxygen atoms in total. The van der Waals surface area contributed by atoms with Crippen molar-refractivity contribution in [2.75, 3.05) is 0 Å². The minimum absolute atomic E-state index is 0.0932. The van der Waals surface area contributed by atoms with Gasteiger partial charge in [0, 0.05) is 12.0 Å². The summed E-state index contributed by atoms with van der Waals surface area (Å²) in [7, 11) is 0. The van der Waals surface area contributed by atoms with Crippen LogP contribution in [0.25, 0.3) is 10.8 Å². The topological polar surface area (TPSA) is 95.5 Å². The first-order chi connectivity index (χ1) is 17.0. The molecule has 0 aliphatic heterocycles. The molecule has 176 valence electrons. The molecule has 2 amide bonds. The lowest BCUT2D eigenvalue weighted by Crippen LogP contribution is -2.44. The highest BCUT2D eigenvalue weighted by Crippen LogP contribution is 2.19. The molecule has 0 bridgehead atoms. The van der Waals surface area contributed by atoms with E-state index in [9.17, 15) is 19.5 Å². The summed E-state index contributed by atoms with van der Waals surface area (Å²) in [6.45, 7) is 0. The summed E-state index contributed by atoms with van der Waals surface area (Å²) in [6, 6.07) is 29.8. The average molecular weight is 467 g/mol. The molecule has 4 rings (SSSR count). The number of hydrogen-bond donors (Lipinski definition) is 3. The summed E-state index contributed by atoms with van der Waals surface area (Å²) in [4.78, 5) is 37.6. The normalized spacial score (nSPS) is 12.5. The Bertz CT molecular complexity index is 1320. The van der Waals surface area contributed by atoms with Crippen molar-refractivity contribution in [3.05, 3.63) is 120 Å². The van der Waals surface area contributed by atoms with E-state index < -0.39 is 24.0 Å². The van der Waals surface area contributed by atoms with Crippen LogP contribution < -0.4 is 10.6 Å². The minimum atomic E-state index is -1.11. The van der Waals surface area contributed by atoms with Crippen molar-refractivity contribution in [1.82, 2.24) is 10.6 Å². The third-order valence-electron chi connectivity index (χ3n) is 5.82. The predicted molar refractivity (Wildman–Crippen MR) is 135 cm³/mol. The van der Waals surface area contributed by atoms with Crippen LogP contribution in [0, 0.1) is 0 Å². The quantitative estimate of drug-likeness (QED) is 0.338. The number of carboxylic acids is 1. The molecule has 0 spiro atoms. The number of rotatable bonds is 9. The fourth-order valence-corrected chi connectivity index (χ4v) is 4.01. The van der Waals surface area contributed by atoms with Crippen LogP contribution in [-0.2, 0) is 16.0 Å². The molecule has 0 aliphatic rings. The zero-order chi connectivity index (χ0) is 24.6. The first kappa shape index (κ1) is 23.7. The number of hydrogen-bond acceptors (Lipinski definition) is 3. The van der Waals surface area contributed by atoms with Crippen molar-refractivity contribution < 1.29 is 19.5 Å². The van der Waals surface area contributed by atoms with Crippen LogP contribution in [0.1, 0.15) is 33.9 Å². The standard InChI is InChI=1S/C29H26N2O4/c32-27(30-26(29(34)35)18-20-15-16-21-9-7-8-14-24(21)17-20)19-25(22-10-3-1-4-11-22)31-28(33)23-12-5-2-6-13-23/h1-17,25-26H,18-19H2,(H,30,32)(H,31,33)(H,34,35)/t25?,26-/m0/s1. The molecule has 4 aromatic rings. The first-order valence-corrected chi connectivity index (χ1v) is 11.4. The van der Waals surface area contributed by atoms with Gasteiger partial charge in [0.25, 0.3) is 5.91 Å². The number of carbonyl (C=O) groups is 3. The van der Waals surface area contributed by atoms with Gasteiger partial charge >= 0.3 is 5.97 Å². The third kappa shape index (κ3) is 6.32. The molecule has 2 atom stereocenters. The maximum atomic E-state index is 12.9. The van der Waals surface area contributed by atoms with E-state index in [4.69, 9.17) is 0 Å². The van der Waals surface area contributed by atoms with E-state index in [0.717, 1.165) is 21.9 Å². The zero-order valence-electron chi connectivity index (χ0n) is 19.1. The molecule has 4 aromatic carbocycles. The Morgan fingerprint density at radius 3 is 2.03 bits per heavy atom. The van der Waals surface area contributed by atoms with Crippen LogP contribution in [0.2, 0.25) is 0 Å². The van der Waals surface area contributed by atoms with Crippen molar-refractivity contribution in [3.63, 3.8) is 0 Å². The lowest BCUT2D eigenvalue weighted by atomic mass is 10.00. The van der Waals surface area contributed by atoms with E-state index in [1.807, 2.05) is 78.9 Å². The summed E-state index contributed by atoms with van der Waals surface area (Å²) < 4.78 is 0. The number of amides is 2.